The zero-order valence-electron chi connectivity index (χ0n) is 76.2. The summed E-state index contributed by atoms with van der Waals surface area (Å²) in [4.78, 5) is 98.8. The maximum atomic E-state index is 14.3. The highest BCUT2D eigenvalue weighted by atomic mass is 16.6. The Morgan fingerprint density at radius 3 is 0.684 bits per heavy atom. The molecule has 0 saturated carbocycles. The van der Waals surface area contributed by atoms with Crippen molar-refractivity contribution in [3.63, 3.8) is 0 Å². The van der Waals surface area contributed by atoms with E-state index in [1.807, 2.05) is 0 Å². The van der Waals surface area contributed by atoms with Crippen molar-refractivity contribution in [2.45, 2.75) is 516 Å². The largest absolute Gasteiger partial charge is 0.463 e. The van der Waals surface area contributed by atoms with Gasteiger partial charge in [-0.25, -0.2) is 0 Å². The lowest BCUT2D eigenvalue weighted by atomic mass is 9.93. The highest BCUT2D eigenvalue weighted by Crippen LogP contribution is 2.25. The molecule has 670 valence electrons. The van der Waals surface area contributed by atoms with E-state index >= 15 is 0 Å². The average molecular weight is 1610 g/mol. The van der Waals surface area contributed by atoms with E-state index in [1.54, 1.807) is 0 Å². The standard InChI is InChI=1S/C99H189N5O10/c1-7-13-19-25-31-37-40-46-52-59-70-89(67-56-49-43-34-28-22-16-10-4)83-100-92(105)73-64-76-96(109)112-86-99(103-95(108)79-82-104-80-62-55-63-81-104,87-113-97(110)77-65-74-93(106)101-84-90(68-57-50-44-35-29-23-17-11-5)71-60-53-47-41-38-32-26-20-14-8-2)88-114-98(111)78-66-75-94(107)102-85-91(69-58-51-45-36-30-24-18-12-6)72-61-54-48-42-39-33-27-21-15-9-3/h89-91H,7-88H2,1-6H3,(H,100,105)(H,101,106)(H,102,107)(H,103,108). The summed E-state index contributed by atoms with van der Waals surface area (Å²) in [6.07, 6.45) is 80.3. The number of carbonyl (C=O) groups excluding carboxylic acids is 7. The molecule has 4 amide bonds. The van der Waals surface area contributed by atoms with Gasteiger partial charge in [-0.05, 0) is 101 Å². The van der Waals surface area contributed by atoms with E-state index in [4.69, 9.17) is 14.2 Å². The van der Waals surface area contributed by atoms with Crippen molar-refractivity contribution in [1.29, 1.82) is 0 Å². The number of unbranched alkanes of at least 4 members (excludes halogenated alkanes) is 48. The highest BCUT2D eigenvalue weighted by Gasteiger charge is 2.38. The molecule has 0 aromatic heterocycles. The molecule has 1 heterocycles. The molecule has 4 N–H and O–H groups in total. The van der Waals surface area contributed by atoms with E-state index in [9.17, 15) is 33.6 Å². The number of esters is 3. The van der Waals surface area contributed by atoms with Crippen molar-refractivity contribution in [3.05, 3.63) is 0 Å². The van der Waals surface area contributed by atoms with Crippen molar-refractivity contribution in [2.24, 2.45) is 17.8 Å². The van der Waals surface area contributed by atoms with Crippen LogP contribution in [-0.4, -0.2) is 111 Å². The molecule has 1 fully saturated rings. The number of nitrogens with one attached hydrogen (secondary N) is 4. The first kappa shape index (κ1) is 108. The zero-order valence-corrected chi connectivity index (χ0v) is 76.2. The molecule has 0 radical (unpaired) electrons. The van der Waals surface area contributed by atoms with Crippen LogP contribution >= 0.6 is 0 Å². The number of likely N-dealkylation sites (tertiary alicyclic amines) is 1. The van der Waals surface area contributed by atoms with Crippen molar-refractivity contribution in [2.75, 3.05) is 59.1 Å². The summed E-state index contributed by atoms with van der Waals surface area (Å²) in [6, 6.07) is 0. The number of carbonyl (C=O) groups is 7. The van der Waals surface area contributed by atoms with Crippen molar-refractivity contribution in [3.8, 4) is 0 Å². The molecule has 1 aliphatic heterocycles. The van der Waals surface area contributed by atoms with Gasteiger partial charge in [-0.3, -0.25) is 33.6 Å². The molecule has 15 heteroatoms. The van der Waals surface area contributed by atoms with Gasteiger partial charge >= 0.3 is 17.9 Å². The van der Waals surface area contributed by atoms with E-state index in [0.717, 1.165) is 70.9 Å². The molecule has 1 aliphatic rings. The second-order valence-corrected chi connectivity index (χ2v) is 35.7. The van der Waals surface area contributed by atoms with Gasteiger partial charge in [0.05, 0.1) is 0 Å². The van der Waals surface area contributed by atoms with Gasteiger partial charge in [-0.1, -0.05) is 395 Å². The van der Waals surface area contributed by atoms with Crippen LogP contribution in [0.2, 0.25) is 0 Å². The minimum atomic E-state index is -1.67. The van der Waals surface area contributed by atoms with Crippen molar-refractivity contribution in [1.82, 2.24) is 26.2 Å². The number of hydrogen-bond acceptors (Lipinski definition) is 11. The van der Waals surface area contributed by atoms with E-state index in [0.29, 0.717) is 43.9 Å². The third kappa shape index (κ3) is 72.3. The Hall–Kier alpha value is -3.75. The fourth-order valence-corrected chi connectivity index (χ4v) is 16.6. The molecule has 15 nitrogen and oxygen atoms in total. The molecule has 0 aromatic rings. The molecule has 114 heavy (non-hydrogen) atoms. The fraction of sp³-hybridized carbons (Fsp3) is 0.929. The van der Waals surface area contributed by atoms with Crippen LogP contribution in [0.25, 0.3) is 0 Å². The number of hydrogen-bond donors (Lipinski definition) is 4. The zero-order chi connectivity index (χ0) is 82.8. The Morgan fingerprint density at radius 2 is 0.465 bits per heavy atom. The van der Waals surface area contributed by atoms with E-state index < -0.39 is 43.3 Å². The van der Waals surface area contributed by atoms with E-state index in [2.05, 4.69) is 67.7 Å². The summed E-state index contributed by atoms with van der Waals surface area (Å²) in [5.41, 5.74) is -1.67. The second kappa shape index (κ2) is 82.9. The summed E-state index contributed by atoms with van der Waals surface area (Å²) >= 11 is 0. The Bertz CT molecular complexity index is 1990. The molecule has 3 unspecified atom stereocenters. The summed E-state index contributed by atoms with van der Waals surface area (Å²) < 4.78 is 18.0. The molecule has 0 aromatic carbocycles. The first-order chi connectivity index (χ1) is 55.8. The highest BCUT2D eigenvalue weighted by molar-refractivity contribution is 5.79. The first-order valence-electron chi connectivity index (χ1n) is 50.1. The summed E-state index contributed by atoms with van der Waals surface area (Å²) in [5.74, 6) is -1.17. The third-order valence-corrected chi connectivity index (χ3v) is 24.5. The summed E-state index contributed by atoms with van der Waals surface area (Å²) in [5, 5.41) is 12.7. The Balaban J connectivity index is 3.30. The van der Waals surface area contributed by atoms with Gasteiger partial charge in [0, 0.05) is 71.1 Å². The lowest BCUT2D eigenvalue weighted by Gasteiger charge is -2.34. The van der Waals surface area contributed by atoms with Crippen LogP contribution in [0.4, 0.5) is 0 Å². The van der Waals surface area contributed by atoms with Crippen LogP contribution < -0.4 is 21.3 Å². The number of ether oxygens (including phenoxy) is 3. The van der Waals surface area contributed by atoms with Crippen molar-refractivity contribution >= 4 is 41.5 Å². The van der Waals surface area contributed by atoms with Gasteiger partial charge in [0.1, 0.15) is 25.4 Å². The monoisotopic (exact) mass is 1610 g/mol. The summed E-state index contributed by atoms with van der Waals surface area (Å²) in [6.45, 7) is 16.4. The van der Waals surface area contributed by atoms with Crippen LogP contribution in [0.5, 0.6) is 0 Å². The van der Waals surface area contributed by atoms with Gasteiger partial charge < -0.3 is 40.4 Å². The first-order valence-corrected chi connectivity index (χ1v) is 50.1. The van der Waals surface area contributed by atoms with Crippen molar-refractivity contribution < 1.29 is 47.8 Å². The van der Waals surface area contributed by atoms with Crippen LogP contribution in [0, 0.1) is 17.8 Å². The SMILES string of the molecule is CCCCCCCCCCCCC(CCCCCCCCCC)CNC(=O)CCCC(=O)OCC(COC(=O)CCCC(=O)NCC(CCCCCCCCCC)CCCCCCCCCCCC)(COC(=O)CCCC(=O)NCC(CCCCCCCCCC)CCCCCCCCCCCC)NC(=O)CCN1CCCCC1. The average Bonchev–Trinajstić information content (AvgIpc) is 0.843. The molecule has 1 saturated heterocycles. The van der Waals surface area contributed by atoms with Gasteiger partial charge in [0.25, 0.3) is 0 Å². The summed E-state index contributed by atoms with van der Waals surface area (Å²) in [7, 11) is 0. The van der Waals surface area contributed by atoms with E-state index in [1.165, 1.54) is 347 Å². The molecular formula is C99H189N5O10. The van der Waals surface area contributed by atoms with Crippen LogP contribution in [0.15, 0.2) is 0 Å². The molecule has 0 bridgehead atoms. The van der Waals surface area contributed by atoms with Gasteiger partial charge in [0.2, 0.25) is 23.6 Å². The minimum absolute atomic E-state index is 0.0606. The lowest BCUT2D eigenvalue weighted by molar-refractivity contribution is -0.159. The smallest absolute Gasteiger partial charge is 0.305 e. The maximum absolute atomic E-state index is 14.3. The number of piperidine rings is 1. The second-order valence-electron chi connectivity index (χ2n) is 35.7. The maximum Gasteiger partial charge on any atom is 0.305 e. The predicted octanol–water partition coefficient (Wildman–Crippen LogP) is 26.6. The van der Waals surface area contributed by atoms with E-state index in [-0.39, 0.29) is 87.8 Å². The predicted molar refractivity (Wildman–Crippen MR) is 481 cm³/mol. The fourth-order valence-electron chi connectivity index (χ4n) is 16.6. The topological polar surface area (TPSA) is 199 Å². The molecular weight excluding hydrogens is 1420 g/mol. The molecule has 1 rings (SSSR count). The minimum Gasteiger partial charge on any atom is -0.463 e. The van der Waals surface area contributed by atoms with Gasteiger partial charge in [-0.2, -0.15) is 0 Å². The van der Waals surface area contributed by atoms with Gasteiger partial charge in [-0.15, -0.1) is 0 Å². The normalized spacial score (nSPS) is 13.8. The van der Waals surface area contributed by atoms with Crippen LogP contribution in [0.3, 0.4) is 0 Å². The van der Waals surface area contributed by atoms with Crippen LogP contribution in [-0.2, 0) is 47.8 Å². The number of rotatable bonds is 88. The van der Waals surface area contributed by atoms with Gasteiger partial charge in [0.15, 0.2) is 0 Å². The molecule has 0 spiro atoms. The Labute approximate surface area is 704 Å². The number of nitrogens with zero attached hydrogens (tertiary/aromatic N) is 1. The Morgan fingerprint density at radius 1 is 0.254 bits per heavy atom. The Kier molecular flexibility index (Phi) is 78.7. The molecule has 0 aliphatic carbocycles. The quantitative estimate of drug-likeness (QED) is 0.0257. The van der Waals surface area contributed by atoms with Crippen LogP contribution in [0.1, 0.15) is 510 Å². The number of amides is 4. The molecule has 3 atom stereocenters. The third-order valence-electron chi connectivity index (χ3n) is 24.5. The lowest BCUT2D eigenvalue weighted by Crippen LogP contribution is -2.59.